The molecule has 1 aromatic heterocycles. The fraction of sp³-hybridized carbons (Fsp3) is 0.522. The average molecular weight is 429 g/mol. The van der Waals surface area contributed by atoms with E-state index in [2.05, 4.69) is 39.5 Å². The van der Waals surface area contributed by atoms with Gasteiger partial charge >= 0.3 is 0 Å². The first-order valence-electron chi connectivity index (χ1n) is 11.1. The Hall–Kier alpha value is -1.96. The van der Waals surface area contributed by atoms with E-state index in [1.165, 1.54) is 49.7 Å². The molecule has 1 N–H and O–H groups in total. The second kappa shape index (κ2) is 9.90. The molecule has 2 saturated heterocycles. The minimum absolute atomic E-state index is 0.278. The van der Waals surface area contributed by atoms with Crippen LogP contribution in [-0.2, 0) is 23.1 Å². The lowest BCUT2D eigenvalue weighted by Crippen LogP contribution is -2.35. The van der Waals surface area contributed by atoms with Crippen LogP contribution < -0.4 is 5.32 Å². The molecule has 0 bridgehead atoms. The molecule has 2 aliphatic heterocycles. The van der Waals surface area contributed by atoms with Crippen molar-refractivity contribution in [2.75, 3.05) is 31.5 Å². The molecule has 0 aliphatic carbocycles. The number of hydrogen-bond donors (Lipinski definition) is 1. The largest absolute Gasteiger partial charge is 0.366 e. The Morgan fingerprint density at radius 3 is 2.17 bits per heavy atom. The maximum absolute atomic E-state index is 12.8. The second-order valence-corrected chi connectivity index (χ2v) is 10.2. The van der Waals surface area contributed by atoms with Crippen LogP contribution in [0.2, 0.25) is 0 Å². The number of benzene rings is 1. The molecule has 2 aromatic rings. The van der Waals surface area contributed by atoms with Gasteiger partial charge in [0.15, 0.2) is 0 Å². The summed E-state index contributed by atoms with van der Waals surface area (Å²) in [7, 11) is -3.43. The summed E-state index contributed by atoms with van der Waals surface area (Å²) >= 11 is 0. The molecule has 2 fully saturated rings. The average Bonchev–Trinajstić information content (AvgIpc) is 2.80. The molecule has 0 amide bonds. The third-order valence-corrected chi connectivity index (χ3v) is 7.99. The lowest BCUT2D eigenvalue weighted by molar-refractivity contribution is 0.220. The number of hydrogen-bond acceptors (Lipinski definition) is 5. The fourth-order valence-electron chi connectivity index (χ4n) is 4.32. The Bertz CT molecular complexity index is 918. The molecule has 0 unspecified atom stereocenters. The van der Waals surface area contributed by atoms with Crippen molar-refractivity contribution in [1.29, 1.82) is 0 Å². The van der Waals surface area contributed by atoms with Gasteiger partial charge in [0.1, 0.15) is 10.7 Å². The fourth-order valence-corrected chi connectivity index (χ4v) is 5.78. The molecular formula is C23H32N4O2S. The monoisotopic (exact) mass is 428 g/mol. The van der Waals surface area contributed by atoms with Crippen molar-refractivity contribution in [3.63, 3.8) is 0 Å². The van der Waals surface area contributed by atoms with Gasteiger partial charge in [0, 0.05) is 32.4 Å². The summed E-state index contributed by atoms with van der Waals surface area (Å²) in [6, 6.07) is 12.0. The predicted octanol–water partition coefficient (Wildman–Crippen LogP) is 3.85. The molecular weight excluding hydrogens is 396 g/mol. The van der Waals surface area contributed by atoms with Crippen molar-refractivity contribution in [2.24, 2.45) is 0 Å². The van der Waals surface area contributed by atoms with E-state index in [4.69, 9.17) is 0 Å². The van der Waals surface area contributed by atoms with E-state index in [1.807, 2.05) is 0 Å². The Kier molecular flexibility index (Phi) is 7.02. The molecule has 0 radical (unpaired) electrons. The highest BCUT2D eigenvalue weighted by atomic mass is 32.2. The van der Waals surface area contributed by atoms with Crippen molar-refractivity contribution in [3.05, 3.63) is 53.7 Å². The summed E-state index contributed by atoms with van der Waals surface area (Å²) in [5.74, 6) is 0.695. The number of nitrogens with one attached hydrogen (secondary N) is 1. The van der Waals surface area contributed by atoms with Gasteiger partial charge in [-0.25, -0.2) is 13.4 Å². The van der Waals surface area contributed by atoms with Crippen LogP contribution in [0.15, 0.2) is 47.5 Å². The van der Waals surface area contributed by atoms with Gasteiger partial charge in [0.2, 0.25) is 10.0 Å². The summed E-state index contributed by atoms with van der Waals surface area (Å²) in [5.41, 5.74) is 2.60. The number of aromatic nitrogens is 1. The highest BCUT2D eigenvalue weighted by molar-refractivity contribution is 7.89. The summed E-state index contributed by atoms with van der Waals surface area (Å²) < 4.78 is 27.1. The SMILES string of the molecule is O=S(=O)(c1ccc(NCc2ccccc2CN2CCCCC2)nc1)N1CCCCC1. The van der Waals surface area contributed by atoms with Gasteiger partial charge in [-0.05, 0) is 62.0 Å². The molecule has 30 heavy (non-hydrogen) atoms. The van der Waals surface area contributed by atoms with E-state index in [9.17, 15) is 8.42 Å². The molecule has 0 saturated carbocycles. The first-order valence-corrected chi connectivity index (χ1v) is 12.6. The van der Waals surface area contributed by atoms with E-state index in [0.29, 0.717) is 25.5 Å². The van der Waals surface area contributed by atoms with Crippen molar-refractivity contribution in [3.8, 4) is 0 Å². The van der Waals surface area contributed by atoms with Crippen molar-refractivity contribution >= 4 is 15.8 Å². The molecule has 0 spiro atoms. The van der Waals surface area contributed by atoms with E-state index in [1.54, 1.807) is 16.4 Å². The second-order valence-electron chi connectivity index (χ2n) is 8.30. The molecule has 0 atom stereocenters. The molecule has 3 heterocycles. The van der Waals surface area contributed by atoms with E-state index < -0.39 is 10.0 Å². The molecule has 4 rings (SSSR count). The van der Waals surface area contributed by atoms with Crippen LogP contribution in [0, 0.1) is 0 Å². The quantitative estimate of drug-likeness (QED) is 0.726. The smallest absolute Gasteiger partial charge is 0.244 e. The minimum atomic E-state index is -3.43. The van der Waals surface area contributed by atoms with E-state index in [-0.39, 0.29) is 4.90 Å². The van der Waals surface area contributed by atoms with Gasteiger partial charge in [-0.15, -0.1) is 0 Å². The number of pyridine rings is 1. The number of anilines is 1. The lowest BCUT2D eigenvalue weighted by atomic mass is 10.0. The lowest BCUT2D eigenvalue weighted by Gasteiger charge is -2.27. The van der Waals surface area contributed by atoms with Crippen LogP contribution in [0.3, 0.4) is 0 Å². The Labute approximate surface area is 180 Å². The highest BCUT2D eigenvalue weighted by Crippen LogP contribution is 2.21. The van der Waals surface area contributed by atoms with Gasteiger partial charge in [-0.2, -0.15) is 4.31 Å². The maximum Gasteiger partial charge on any atom is 0.244 e. The maximum atomic E-state index is 12.8. The van der Waals surface area contributed by atoms with Gasteiger partial charge in [0.25, 0.3) is 0 Å². The summed E-state index contributed by atoms with van der Waals surface area (Å²) in [5, 5.41) is 3.36. The van der Waals surface area contributed by atoms with Crippen LogP contribution in [0.5, 0.6) is 0 Å². The number of likely N-dealkylation sites (tertiary alicyclic amines) is 1. The van der Waals surface area contributed by atoms with Gasteiger partial charge < -0.3 is 5.32 Å². The third-order valence-electron chi connectivity index (χ3n) is 6.11. The zero-order valence-electron chi connectivity index (χ0n) is 17.6. The van der Waals surface area contributed by atoms with Crippen molar-refractivity contribution in [2.45, 2.75) is 56.5 Å². The first kappa shape index (κ1) is 21.3. The third kappa shape index (κ3) is 5.20. The molecule has 7 heteroatoms. The Morgan fingerprint density at radius 2 is 1.50 bits per heavy atom. The Morgan fingerprint density at radius 1 is 0.833 bits per heavy atom. The standard InChI is InChI=1S/C23H32N4O2S/c28-30(29,27-15-7-2-8-16-27)22-11-12-23(25-18-22)24-17-20-9-3-4-10-21(20)19-26-13-5-1-6-14-26/h3-4,9-12,18H,1-2,5-8,13-17,19H2,(H,24,25). The van der Waals surface area contributed by atoms with Gasteiger partial charge in [-0.1, -0.05) is 37.1 Å². The number of rotatable bonds is 7. The van der Waals surface area contributed by atoms with Crippen molar-refractivity contribution < 1.29 is 8.42 Å². The molecule has 6 nitrogen and oxygen atoms in total. The summed E-state index contributed by atoms with van der Waals surface area (Å²) in [4.78, 5) is 7.18. The van der Waals surface area contributed by atoms with Crippen LogP contribution in [0.1, 0.15) is 49.7 Å². The highest BCUT2D eigenvalue weighted by Gasteiger charge is 2.26. The van der Waals surface area contributed by atoms with Gasteiger partial charge in [-0.3, -0.25) is 4.90 Å². The van der Waals surface area contributed by atoms with Crippen molar-refractivity contribution in [1.82, 2.24) is 14.2 Å². The first-order chi connectivity index (χ1) is 14.6. The van der Waals surface area contributed by atoms with Crippen LogP contribution in [0.4, 0.5) is 5.82 Å². The zero-order valence-corrected chi connectivity index (χ0v) is 18.4. The van der Waals surface area contributed by atoms with E-state index >= 15 is 0 Å². The predicted molar refractivity (Wildman–Crippen MR) is 120 cm³/mol. The van der Waals surface area contributed by atoms with Crippen LogP contribution in [-0.4, -0.2) is 48.8 Å². The zero-order chi connectivity index (χ0) is 20.8. The van der Waals surface area contributed by atoms with Gasteiger partial charge in [0.05, 0.1) is 0 Å². The summed E-state index contributed by atoms with van der Waals surface area (Å²) in [6.07, 6.45) is 8.37. The summed E-state index contributed by atoms with van der Waals surface area (Å²) in [6.45, 7) is 5.23. The minimum Gasteiger partial charge on any atom is -0.366 e. The molecule has 1 aromatic carbocycles. The molecule has 2 aliphatic rings. The Balaban J connectivity index is 1.39. The van der Waals surface area contributed by atoms with E-state index in [0.717, 1.165) is 25.8 Å². The molecule has 162 valence electrons. The van der Waals surface area contributed by atoms with Crippen LogP contribution >= 0.6 is 0 Å². The topological polar surface area (TPSA) is 65.5 Å². The normalized spacial score (nSPS) is 18.9. The number of piperidine rings is 2. The number of sulfonamides is 1. The van der Waals surface area contributed by atoms with Crippen LogP contribution in [0.25, 0.3) is 0 Å². The number of nitrogens with zero attached hydrogens (tertiary/aromatic N) is 3.